The zero-order valence-corrected chi connectivity index (χ0v) is 33.7. The number of carbonyl (C=O) groups is 6. The van der Waals surface area contributed by atoms with Crippen molar-refractivity contribution in [2.75, 3.05) is 13.1 Å². The van der Waals surface area contributed by atoms with Crippen LogP contribution in [0.3, 0.4) is 0 Å². The van der Waals surface area contributed by atoms with E-state index in [9.17, 15) is 28.8 Å². The molecule has 1 aliphatic heterocycles. The molecular weight excluding hydrogens is 699 g/mol. The molecule has 2 aromatic rings. The first kappa shape index (κ1) is 42.7. The van der Waals surface area contributed by atoms with E-state index in [1.54, 1.807) is 20.8 Å². The van der Waals surface area contributed by atoms with Gasteiger partial charge in [0.2, 0.25) is 23.5 Å². The lowest BCUT2D eigenvalue weighted by molar-refractivity contribution is -0.146. The van der Waals surface area contributed by atoms with Crippen molar-refractivity contribution in [3.63, 3.8) is 0 Å². The maximum atomic E-state index is 14.8. The topological polar surface area (TPSA) is 163 Å². The summed E-state index contributed by atoms with van der Waals surface area (Å²) >= 11 is 0. The van der Waals surface area contributed by atoms with Crippen LogP contribution in [0.5, 0.6) is 0 Å². The molecular formula is C43H59N5O7. The highest BCUT2D eigenvalue weighted by Gasteiger charge is 2.70. The quantitative estimate of drug-likeness (QED) is 0.149. The summed E-state index contributed by atoms with van der Waals surface area (Å²) in [5.41, 5.74) is -0.412. The van der Waals surface area contributed by atoms with Crippen LogP contribution in [0.4, 0.5) is 4.79 Å². The molecule has 0 bridgehead atoms. The van der Waals surface area contributed by atoms with E-state index in [4.69, 9.17) is 4.74 Å². The fourth-order valence-corrected chi connectivity index (χ4v) is 7.72. The van der Waals surface area contributed by atoms with E-state index in [2.05, 4.69) is 27.8 Å². The Kier molecular flexibility index (Phi) is 13.4. The first-order valence-electron chi connectivity index (χ1n) is 19.2. The molecule has 12 nitrogen and oxygen atoms in total. The molecule has 2 aromatic carbocycles. The number of nitrogens with zero attached hydrogens (tertiary/aromatic N) is 1. The molecule has 12 heteroatoms. The highest BCUT2D eigenvalue weighted by molar-refractivity contribution is 6.38. The van der Waals surface area contributed by atoms with Crippen LogP contribution in [-0.2, 0) is 28.7 Å². The summed E-state index contributed by atoms with van der Waals surface area (Å²) in [4.78, 5) is 84.3. The zero-order chi connectivity index (χ0) is 40.9. The Labute approximate surface area is 325 Å². The number of Topliss-reactive ketones (excluding diaryl/α,β-unsaturated/α-hetero) is 1. The lowest BCUT2D eigenvalue weighted by Gasteiger charge is -2.39. The number of alkyl carbamates (subject to hydrolysis) is 1. The van der Waals surface area contributed by atoms with Gasteiger partial charge in [-0.1, -0.05) is 115 Å². The molecule has 2 aliphatic rings. The van der Waals surface area contributed by atoms with Gasteiger partial charge in [0.25, 0.3) is 5.91 Å². The van der Waals surface area contributed by atoms with Gasteiger partial charge in [-0.25, -0.2) is 4.79 Å². The SMILES string of the molecule is C=CCNC(=O)C(=O)[C@H](CCC)NC(=O)C1C2C(CN1C(=O)[C@@H](NC(=O)C(NC(=O)OC(C)(C)C)C(c1ccccc1)c1ccccc1)C(C)(C)C)C2(C)C. The average molecular weight is 758 g/mol. The van der Waals surface area contributed by atoms with Crippen molar-refractivity contribution in [3.05, 3.63) is 84.4 Å². The van der Waals surface area contributed by atoms with Gasteiger partial charge >= 0.3 is 6.09 Å². The predicted octanol–water partition coefficient (Wildman–Crippen LogP) is 4.88. The van der Waals surface area contributed by atoms with E-state index in [0.717, 1.165) is 11.1 Å². The van der Waals surface area contributed by atoms with Gasteiger partial charge < -0.3 is 30.9 Å². The largest absolute Gasteiger partial charge is 0.444 e. The second-order valence-electron chi connectivity index (χ2n) is 17.3. The summed E-state index contributed by atoms with van der Waals surface area (Å²) < 4.78 is 5.61. The highest BCUT2D eigenvalue weighted by Crippen LogP contribution is 2.65. The van der Waals surface area contributed by atoms with Gasteiger partial charge in [-0.2, -0.15) is 0 Å². The number of piperidine rings is 1. The first-order valence-corrected chi connectivity index (χ1v) is 19.2. The summed E-state index contributed by atoms with van der Waals surface area (Å²) in [5, 5.41) is 11.1. The van der Waals surface area contributed by atoms with Gasteiger partial charge in [-0.05, 0) is 61.0 Å². The van der Waals surface area contributed by atoms with Crippen molar-refractivity contribution in [2.24, 2.45) is 22.7 Å². The summed E-state index contributed by atoms with van der Waals surface area (Å²) in [6, 6.07) is 14.3. The molecule has 2 fully saturated rings. The van der Waals surface area contributed by atoms with Crippen molar-refractivity contribution in [2.45, 2.75) is 111 Å². The van der Waals surface area contributed by atoms with Crippen molar-refractivity contribution >= 4 is 35.5 Å². The van der Waals surface area contributed by atoms with Crippen LogP contribution in [0.2, 0.25) is 0 Å². The number of amides is 5. The average Bonchev–Trinajstić information content (AvgIpc) is 3.41. The Morgan fingerprint density at radius 2 is 1.45 bits per heavy atom. The highest BCUT2D eigenvalue weighted by atomic mass is 16.6. The van der Waals surface area contributed by atoms with Crippen LogP contribution in [-0.4, -0.2) is 83.3 Å². The third-order valence-electron chi connectivity index (χ3n) is 10.6. The molecule has 55 heavy (non-hydrogen) atoms. The number of likely N-dealkylation sites (tertiary alicyclic amines) is 1. The Bertz CT molecular complexity index is 1690. The van der Waals surface area contributed by atoms with E-state index in [-0.39, 0.29) is 36.8 Å². The van der Waals surface area contributed by atoms with E-state index in [1.165, 1.54) is 11.0 Å². The Morgan fingerprint density at radius 1 is 0.891 bits per heavy atom. The number of fused-ring (bicyclic) bond motifs is 1. The van der Waals surface area contributed by atoms with Crippen LogP contribution in [0.1, 0.15) is 92.2 Å². The lowest BCUT2D eigenvalue weighted by Crippen LogP contribution is -2.62. The van der Waals surface area contributed by atoms with Gasteiger partial charge in [-0.15, -0.1) is 6.58 Å². The molecule has 1 saturated heterocycles. The van der Waals surface area contributed by atoms with Crippen LogP contribution in [0.15, 0.2) is 73.3 Å². The minimum Gasteiger partial charge on any atom is -0.444 e. The third kappa shape index (κ3) is 10.2. The summed E-state index contributed by atoms with van der Waals surface area (Å²) in [5.74, 6) is -4.03. The Morgan fingerprint density at radius 3 is 1.95 bits per heavy atom. The molecule has 5 amide bonds. The van der Waals surface area contributed by atoms with E-state index < -0.39 is 76.6 Å². The van der Waals surface area contributed by atoms with Crippen molar-refractivity contribution < 1.29 is 33.5 Å². The zero-order valence-electron chi connectivity index (χ0n) is 33.7. The maximum Gasteiger partial charge on any atom is 0.408 e. The second-order valence-corrected chi connectivity index (χ2v) is 17.3. The molecule has 0 spiro atoms. The van der Waals surface area contributed by atoms with Crippen LogP contribution >= 0.6 is 0 Å². The molecule has 0 radical (unpaired) electrons. The molecule has 4 unspecified atom stereocenters. The molecule has 6 atom stereocenters. The fourth-order valence-electron chi connectivity index (χ4n) is 7.72. The minimum atomic E-state index is -1.21. The number of carbonyl (C=O) groups excluding carboxylic acids is 6. The van der Waals surface area contributed by atoms with Gasteiger partial charge in [0.1, 0.15) is 23.7 Å². The van der Waals surface area contributed by atoms with Gasteiger partial charge in [0, 0.05) is 19.0 Å². The van der Waals surface area contributed by atoms with Crippen molar-refractivity contribution in [3.8, 4) is 0 Å². The molecule has 4 N–H and O–H groups in total. The number of rotatable bonds is 15. The van der Waals surface area contributed by atoms with E-state index in [1.807, 2.05) is 102 Å². The lowest BCUT2D eigenvalue weighted by atomic mass is 9.82. The Hall–Kier alpha value is -5.00. The maximum absolute atomic E-state index is 14.8. The monoisotopic (exact) mass is 757 g/mol. The number of hydrogen-bond donors (Lipinski definition) is 4. The smallest absolute Gasteiger partial charge is 0.408 e. The minimum absolute atomic E-state index is 0.0156. The second kappa shape index (κ2) is 17.2. The first-order chi connectivity index (χ1) is 25.7. The molecule has 298 valence electrons. The summed E-state index contributed by atoms with van der Waals surface area (Å²) in [6.07, 6.45) is 1.43. The molecule has 4 rings (SSSR count). The Balaban J connectivity index is 1.69. The number of benzene rings is 2. The molecule has 0 aromatic heterocycles. The molecule has 1 heterocycles. The normalized spacial score (nSPS) is 20.3. The van der Waals surface area contributed by atoms with Gasteiger partial charge in [0.05, 0.1) is 6.04 Å². The van der Waals surface area contributed by atoms with Gasteiger partial charge in [0.15, 0.2) is 0 Å². The van der Waals surface area contributed by atoms with Crippen LogP contribution in [0.25, 0.3) is 0 Å². The number of ketones is 1. The third-order valence-corrected chi connectivity index (χ3v) is 10.6. The fraction of sp³-hybridized carbons (Fsp3) is 0.535. The molecule has 1 saturated carbocycles. The summed E-state index contributed by atoms with van der Waals surface area (Å²) in [7, 11) is 0. The summed E-state index contributed by atoms with van der Waals surface area (Å²) in [6.45, 7) is 20.6. The van der Waals surface area contributed by atoms with E-state index >= 15 is 0 Å². The number of nitrogens with one attached hydrogen (secondary N) is 4. The molecule has 1 aliphatic carbocycles. The van der Waals surface area contributed by atoms with Crippen molar-refractivity contribution in [1.82, 2.24) is 26.2 Å². The van der Waals surface area contributed by atoms with Crippen molar-refractivity contribution in [1.29, 1.82) is 0 Å². The van der Waals surface area contributed by atoms with Gasteiger partial charge in [-0.3, -0.25) is 24.0 Å². The van der Waals surface area contributed by atoms with Crippen LogP contribution in [0, 0.1) is 22.7 Å². The number of hydrogen-bond acceptors (Lipinski definition) is 7. The standard InChI is InChI=1S/C43H59N5O7/c1-11-19-29(34(49)38(52)44-24-12-2)45-37(51)33-31-28(43(31,9)10)25-48(33)39(53)35(41(3,4)5)47-36(50)32(46-40(54)55-42(6,7)8)30(26-20-15-13-16-21-26)27-22-17-14-18-23-27/h12-18,20-23,28-33,35H,2,11,19,24-25H2,1,3-10H3,(H,44,52)(H,45,51)(H,46,54)(H,47,50)/t28?,29-,31?,32?,33?,35+/m0/s1. The van der Waals surface area contributed by atoms with Crippen LogP contribution < -0.4 is 21.3 Å². The number of ether oxygens (including phenoxy) is 1. The van der Waals surface area contributed by atoms with E-state index in [0.29, 0.717) is 6.42 Å². The predicted molar refractivity (Wildman–Crippen MR) is 211 cm³/mol.